The number of H-pyrrole nitrogens is 2. The average molecular weight is 867 g/mol. The smallest absolute Gasteiger partial charge is 0.231 e. The number of aromatic nitrogens is 8. The predicted molar refractivity (Wildman–Crippen MR) is 238 cm³/mol. The Labute approximate surface area is 367 Å². The van der Waals surface area contributed by atoms with Gasteiger partial charge in [-0.1, -0.05) is 12.1 Å². The third-order valence-electron chi connectivity index (χ3n) is 10.2. The van der Waals surface area contributed by atoms with Gasteiger partial charge in [0.25, 0.3) is 0 Å². The molecule has 0 amide bonds. The van der Waals surface area contributed by atoms with Gasteiger partial charge in [0, 0.05) is 64.6 Å². The van der Waals surface area contributed by atoms with E-state index in [1.807, 2.05) is 36.4 Å². The maximum Gasteiger partial charge on any atom is 0.231 e. The summed E-state index contributed by atoms with van der Waals surface area (Å²) in [6, 6.07) is 15.0. The van der Waals surface area contributed by atoms with E-state index in [0.29, 0.717) is 70.1 Å². The molecule has 2 atom stereocenters. The molecule has 64 heavy (non-hydrogen) atoms. The lowest BCUT2D eigenvalue weighted by Crippen LogP contribution is -2.23. The maximum absolute atomic E-state index is 13.7. The van der Waals surface area contributed by atoms with Gasteiger partial charge >= 0.3 is 0 Å². The number of nitrogens with zero attached hydrogens (tertiary/aromatic N) is 6. The highest BCUT2D eigenvalue weighted by atomic mass is 16.5. The first-order valence-electron chi connectivity index (χ1n) is 20.0. The van der Waals surface area contributed by atoms with Crippen molar-refractivity contribution in [2.75, 3.05) is 52.3 Å². The first-order valence-corrected chi connectivity index (χ1v) is 20.0. The van der Waals surface area contributed by atoms with Crippen LogP contribution in [-0.2, 0) is 12.8 Å². The molecule has 2 aromatic carbocycles. The van der Waals surface area contributed by atoms with E-state index in [-0.39, 0.29) is 24.8 Å². The van der Waals surface area contributed by atoms with Crippen LogP contribution in [-0.4, -0.2) is 103 Å². The molecule has 18 nitrogen and oxygen atoms in total. The van der Waals surface area contributed by atoms with Crippen LogP contribution in [0.5, 0.6) is 23.3 Å². The highest BCUT2D eigenvalue weighted by molar-refractivity contribution is 6.12. The summed E-state index contributed by atoms with van der Waals surface area (Å²) in [6.45, 7) is 0.0711. The maximum atomic E-state index is 13.7. The fourth-order valence-electron chi connectivity index (χ4n) is 6.84. The van der Waals surface area contributed by atoms with Gasteiger partial charge in [0.05, 0.1) is 88.9 Å². The third-order valence-corrected chi connectivity index (χ3v) is 10.2. The van der Waals surface area contributed by atoms with Crippen LogP contribution in [0.1, 0.15) is 55.3 Å². The molecule has 0 aliphatic heterocycles. The van der Waals surface area contributed by atoms with Gasteiger partial charge < -0.3 is 49.8 Å². The Kier molecular flexibility index (Phi) is 14.3. The minimum absolute atomic E-state index is 0.0354. The number of benzene rings is 2. The number of hydrogen-bond donors (Lipinski definition) is 6. The number of carbonyl (C=O) groups is 2. The van der Waals surface area contributed by atoms with E-state index < -0.39 is 12.1 Å². The largest absolute Gasteiger partial charge is 0.495 e. The van der Waals surface area contributed by atoms with Crippen molar-refractivity contribution < 1.29 is 38.7 Å². The van der Waals surface area contributed by atoms with Crippen molar-refractivity contribution in [3.05, 3.63) is 144 Å². The van der Waals surface area contributed by atoms with E-state index in [1.165, 1.54) is 39.0 Å². The van der Waals surface area contributed by atoms with Crippen molar-refractivity contribution >= 4 is 44.9 Å². The van der Waals surface area contributed by atoms with Crippen LogP contribution in [0.3, 0.4) is 0 Å². The molecular weight excluding hydrogens is 821 g/mol. The van der Waals surface area contributed by atoms with Crippen molar-refractivity contribution in [1.82, 2.24) is 39.9 Å². The summed E-state index contributed by atoms with van der Waals surface area (Å²) < 4.78 is 20.6. The fraction of sp³-hybridized carbons (Fsp3) is 0.217. The van der Waals surface area contributed by atoms with E-state index in [0.717, 1.165) is 32.9 Å². The number of ketones is 2. The molecule has 8 rings (SSSR count). The van der Waals surface area contributed by atoms with Crippen LogP contribution in [0.25, 0.3) is 21.8 Å². The number of aliphatic hydroxyl groups is 2. The van der Waals surface area contributed by atoms with Crippen LogP contribution in [0, 0.1) is 0 Å². The molecule has 0 saturated heterocycles. The normalized spacial score (nSPS) is 11.8. The standard InChI is InChI=1S/2C23H23N5O4/c1-31-15-4-6-20(26-10-15)28-22(19-12-27-21(32-2)13-25-19)23(30)17-11-24-18-5-3-14(7-8-29)9-16(17)18;1-31-16-8-15(9-24-10-16)28-22(20-12-27-21(32-2)13-26-20)23(30)18-11-25-19-4-3-14(5-6-29)7-17(18)19/h3-6,9-13,22,24,29H,7-8H2,1-2H3,(H,26,28);3-4,7-13,22,25,28-29H,5-6H2,1-2H3. The number of aliphatic hydroxyl groups excluding tert-OH is 2. The number of rotatable bonds is 18. The molecule has 0 aliphatic carbocycles. The molecule has 2 unspecified atom stereocenters. The number of hydrogen-bond acceptors (Lipinski definition) is 16. The van der Waals surface area contributed by atoms with Gasteiger partial charge in [-0.15, -0.1) is 0 Å². The summed E-state index contributed by atoms with van der Waals surface area (Å²) >= 11 is 0. The Balaban J connectivity index is 0.000000191. The van der Waals surface area contributed by atoms with Crippen LogP contribution in [0.4, 0.5) is 11.5 Å². The molecule has 0 fully saturated rings. The molecule has 18 heteroatoms. The molecule has 8 aromatic rings. The summed E-state index contributed by atoms with van der Waals surface area (Å²) in [5.74, 6) is 1.96. The number of methoxy groups -OCH3 is 4. The molecular formula is C46H46N10O8. The number of Topliss-reactive ketones (excluding diaryl/α,β-unsaturated/α-hetero) is 2. The van der Waals surface area contributed by atoms with E-state index in [1.54, 1.807) is 63.4 Å². The number of aromatic amines is 2. The van der Waals surface area contributed by atoms with E-state index in [4.69, 9.17) is 18.9 Å². The Hall–Kier alpha value is -7.96. The quantitative estimate of drug-likeness (QED) is 0.0551. The highest BCUT2D eigenvalue weighted by Gasteiger charge is 2.28. The second kappa shape index (κ2) is 20.7. The summed E-state index contributed by atoms with van der Waals surface area (Å²) in [5.41, 5.74) is 6.01. The van der Waals surface area contributed by atoms with E-state index in [9.17, 15) is 19.8 Å². The number of fused-ring (bicyclic) bond motifs is 2. The number of anilines is 2. The summed E-state index contributed by atoms with van der Waals surface area (Å²) in [5, 5.41) is 26.5. The van der Waals surface area contributed by atoms with Crippen LogP contribution in [0.15, 0.2) is 110 Å². The van der Waals surface area contributed by atoms with Gasteiger partial charge in [0.15, 0.2) is 11.6 Å². The van der Waals surface area contributed by atoms with Crippen LogP contribution < -0.4 is 29.6 Å². The Morgan fingerprint density at radius 3 is 1.58 bits per heavy atom. The van der Waals surface area contributed by atoms with Crippen molar-refractivity contribution in [2.24, 2.45) is 0 Å². The van der Waals surface area contributed by atoms with Gasteiger partial charge in [-0.3, -0.25) is 24.5 Å². The number of pyridine rings is 2. The molecule has 0 spiro atoms. The first kappa shape index (κ1) is 44.1. The fourth-order valence-corrected chi connectivity index (χ4v) is 6.84. The molecule has 6 heterocycles. The summed E-state index contributed by atoms with van der Waals surface area (Å²) in [6.07, 6.45) is 15.1. The Morgan fingerprint density at radius 1 is 0.578 bits per heavy atom. The molecule has 6 N–H and O–H groups in total. The van der Waals surface area contributed by atoms with E-state index >= 15 is 0 Å². The molecule has 328 valence electrons. The predicted octanol–water partition coefficient (Wildman–Crippen LogP) is 5.88. The van der Waals surface area contributed by atoms with Gasteiger partial charge in [-0.25, -0.2) is 15.0 Å². The molecule has 0 bridgehead atoms. The first-order chi connectivity index (χ1) is 31.2. The second-order valence-electron chi connectivity index (χ2n) is 14.2. The number of ether oxygens (including phenoxy) is 4. The zero-order valence-electron chi connectivity index (χ0n) is 35.4. The Bertz CT molecular complexity index is 2810. The second-order valence-corrected chi connectivity index (χ2v) is 14.2. The van der Waals surface area contributed by atoms with E-state index in [2.05, 4.69) is 50.5 Å². The zero-order chi connectivity index (χ0) is 45.0. The zero-order valence-corrected chi connectivity index (χ0v) is 35.4. The van der Waals surface area contributed by atoms with Crippen LogP contribution >= 0.6 is 0 Å². The average Bonchev–Trinajstić information content (AvgIpc) is 3.97. The lowest BCUT2D eigenvalue weighted by Gasteiger charge is -2.18. The van der Waals surface area contributed by atoms with Crippen molar-refractivity contribution in [3.63, 3.8) is 0 Å². The SMILES string of the molecule is COc1ccc(NC(C(=O)c2c[nH]c3ccc(CCO)cc23)c2cnc(OC)cn2)nc1.COc1cncc(NC(C(=O)c2c[nH]c3ccc(CCO)cc23)c2cnc(OC)cn2)c1. The summed E-state index contributed by atoms with van der Waals surface area (Å²) in [4.78, 5) is 59.3. The van der Waals surface area contributed by atoms with Gasteiger partial charge in [-0.2, -0.15) is 0 Å². The van der Waals surface area contributed by atoms with Gasteiger partial charge in [0.2, 0.25) is 11.8 Å². The van der Waals surface area contributed by atoms with Crippen molar-refractivity contribution in [2.45, 2.75) is 24.9 Å². The Morgan fingerprint density at radius 2 is 1.12 bits per heavy atom. The lowest BCUT2D eigenvalue weighted by atomic mass is 9.99. The third kappa shape index (κ3) is 10.2. The minimum atomic E-state index is -0.838. The molecule has 6 aromatic heterocycles. The van der Waals surface area contributed by atoms with Crippen LogP contribution in [0.2, 0.25) is 0 Å². The molecule has 0 aliphatic rings. The van der Waals surface area contributed by atoms with Crippen molar-refractivity contribution in [1.29, 1.82) is 0 Å². The summed E-state index contributed by atoms with van der Waals surface area (Å²) in [7, 11) is 6.11. The molecule has 0 radical (unpaired) electrons. The number of carbonyl (C=O) groups excluding carboxylic acids is 2. The topological polar surface area (TPSA) is 244 Å². The van der Waals surface area contributed by atoms with Gasteiger partial charge in [0.1, 0.15) is 29.4 Å². The van der Waals surface area contributed by atoms with Crippen molar-refractivity contribution in [3.8, 4) is 23.3 Å². The number of nitrogens with one attached hydrogen (secondary N) is 4. The highest BCUT2D eigenvalue weighted by Crippen LogP contribution is 2.30. The van der Waals surface area contributed by atoms with Gasteiger partial charge in [-0.05, 0) is 60.4 Å². The monoisotopic (exact) mass is 866 g/mol. The molecule has 0 saturated carbocycles. The minimum Gasteiger partial charge on any atom is -0.495 e. The lowest BCUT2D eigenvalue weighted by molar-refractivity contribution is 0.0961.